The van der Waals surface area contributed by atoms with Crippen molar-refractivity contribution in [2.24, 2.45) is 0 Å². The maximum absolute atomic E-state index is 12.5. The van der Waals surface area contributed by atoms with Crippen molar-refractivity contribution in [2.75, 3.05) is 18.8 Å². The summed E-state index contributed by atoms with van der Waals surface area (Å²) in [6.45, 7) is 0. The first-order valence-electron chi connectivity index (χ1n) is 7.19. The number of aromatic nitrogens is 2. The zero-order valence-electron chi connectivity index (χ0n) is 13.5. The van der Waals surface area contributed by atoms with E-state index in [1.54, 1.807) is 24.4 Å². The Labute approximate surface area is 145 Å². The van der Waals surface area contributed by atoms with Crippen LogP contribution >= 0.6 is 0 Å². The highest BCUT2D eigenvalue weighted by Gasteiger charge is 2.19. The normalized spacial score (nSPS) is 12.6. The van der Waals surface area contributed by atoms with Gasteiger partial charge in [-0.3, -0.25) is 9.82 Å². The molecule has 3 aromatic rings. The molecule has 8 nitrogen and oxygen atoms in total. The van der Waals surface area contributed by atoms with Crippen molar-refractivity contribution in [3.05, 3.63) is 48.7 Å². The number of sulfonamides is 2. The Morgan fingerprint density at radius 3 is 2.24 bits per heavy atom. The van der Waals surface area contributed by atoms with Crippen LogP contribution in [0, 0.1) is 0 Å². The fourth-order valence-corrected chi connectivity index (χ4v) is 4.17. The first kappa shape index (κ1) is 17.4. The fraction of sp³-hybridized carbons (Fsp3) is 0.133. The molecule has 0 amide bonds. The Kier molecular flexibility index (Phi) is 4.27. The van der Waals surface area contributed by atoms with E-state index in [1.807, 2.05) is 0 Å². The van der Waals surface area contributed by atoms with Gasteiger partial charge in [0.25, 0.3) is 10.0 Å². The third-order valence-corrected chi connectivity index (χ3v) is 6.83. The highest BCUT2D eigenvalue weighted by Crippen LogP contribution is 2.22. The summed E-state index contributed by atoms with van der Waals surface area (Å²) < 4.78 is 52.5. The van der Waals surface area contributed by atoms with Gasteiger partial charge in [-0.25, -0.2) is 21.1 Å². The van der Waals surface area contributed by atoms with Gasteiger partial charge in [-0.15, -0.1) is 0 Å². The Morgan fingerprint density at radius 2 is 1.60 bits per heavy atom. The van der Waals surface area contributed by atoms with Gasteiger partial charge < -0.3 is 0 Å². The molecular weight excluding hydrogens is 364 g/mol. The Morgan fingerprint density at radius 1 is 0.960 bits per heavy atom. The average molecular weight is 380 g/mol. The lowest BCUT2D eigenvalue weighted by atomic mass is 10.2. The molecule has 25 heavy (non-hydrogen) atoms. The molecule has 132 valence electrons. The second-order valence-electron chi connectivity index (χ2n) is 5.54. The van der Waals surface area contributed by atoms with Crippen molar-refractivity contribution in [1.82, 2.24) is 14.5 Å². The van der Waals surface area contributed by atoms with Gasteiger partial charge in [-0.2, -0.15) is 5.10 Å². The highest BCUT2D eigenvalue weighted by molar-refractivity contribution is 7.92. The van der Waals surface area contributed by atoms with Gasteiger partial charge in [0.15, 0.2) is 0 Å². The molecule has 3 rings (SSSR count). The van der Waals surface area contributed by atoms with E-state index in [-0.39, 0.29) is 9.79 Å². The molecule has 10 heteroatoms. The van der Waals surface area contributed by atoms with E-state index in [2.05, 4.69) is 14.9 Å². The first-order valence-corrected chi connectivity index (χ1v) is 10.1. The minimum atomic E-state index is -3.84. The smallest absolute Gasteiger partial charge is 0.261 e. The lowest BCUT2D eigenvalue weighted by Crippen LogP contribution is -2.22. The van der Waals surface area contributed by atoms with Gasteiger partial charge in [-0.1, -0.05) is 0 Å². The molecular formula is C15H16N4O4S2. The molecule has 0 fully saturated rings. The van der Waals surface area contributed by atoms with Crippen molar-refractivity contribution in [3.63, 3.8) is 0 Å². The molecule has 0 bridgehead atoms. The number of rotatable bonds is 5. The Hall–Kier alpha value is -2.43. The lowest BCUT2D eigenvalue weighted by molar-refractivity contribution is 0.520. The quantitative estimate of drug-likeness (QED) is 0.698. The molecule has 2 N–H and O–H groups in total. The van der Waals surface area contributed by atoms with Crippen LogP contribution < -0.4 is 4.72 Å². The summed E-state index contributed by atoms with van der Waals surface area (Å²) in [6, 6.07) is 10.0. The summed E-state index contributed by atoms with van der Waals surface area (Å²) in [5, 5.41) is 7.51. The number of H-pyrrole nitrogens is 1. The summed E-state index contributed by atoms with van der Waals surface area (Å²) >= 11 is 0. The molecule has 0 saturated heterocycles. The summed E-state index contributed by atoms with van der Waals surface area (Å²) in [7, 11) is -4.63. The van der Waals surface area contributed by atoms with Gasteiger partial charge in [0.2, 0.25) is 10.0 Å². The largest absolute Gasteiger partial charge is 0.280 e. The zero-order valence-corrected chi connectivity index (χ0v) is 15.1. The van der Waals surface area contributed by atoms with E-state index in [9.17, 15) is 16.8 Å². The molecule has 0 unspecified atom stereocenters. The molecule has 1 aromatic heterocycles. The van der Waals surface area contributed by atoms with Crippen molar-refractivity contribution < 1.29 is 16.8 Å². The van der Waals surface area contributed by atoms with Crippen LogP contribution in [0.15, 0.2) is 58.5 Å². The van der Waals surface area contributed by atoms with Crippen LogP contribution in [0.3, 0.4) is 0 Å². The molecule has 0 spiro atoms. The number of hydrogen-bond acceptors (Lipinski definition) is 5. The van der Waals surface area contributed by atoms with E-state index in [0.29, 0.717) is 11.2 Å². The van der Waals surface area contributed by atoms with Gasteiger partial charge in [0, 0.05) is 19.5 Å². The number of hydrogen-bond donors (Lipinski definition) is 2. The van der Waals surface area contributed by atoms with Crippen LogP contribution in [0.5, 0.6) is 0 Å². The van der Waals surface area contributed by atoms with Gasteiger partial charge in [-0.05, 0) is 42.5 Å². The number of benzene rings is 2. The zero-order chi connectivity index (χ0) is 18.2. The van der Waals surface area contributed by atoms with E-state index in [4.69, 9.17) is 0 Å². The van der Waals surface area contributed by atoms with Gasteiger partial charge in [0.05, 0.1) is 27.2 Å². The molecule has 2 aromatic carbocycles. The summed E-state index contributed by atoms with van der Waals surface area (Å²) in [4.78, 5) is -0.00903. The topological polar surface area (TPSA) is 112 Å². The van der Waals surface area contributed by atoms with Gasteiger partial charge >= 0.3 is 0 Å². The second-order valence-corrected chi connectivity index (χ2v) is 9.37. The lowest BCUT2D eigenvalue weighted by Gasteiger charge is -2.12. The predicted octanol–water partition coefficient (Wildman–Crippen LogP) is 1.61. The monoisotopic (exact) mass is 380 g/mol. The molecule has 1 heterocycles. The third-order valence-electron chi connectivity index (χ3n) is 3.61. The molecule has 0 radical (unpaired) electrons. The molecule has 0 aliphatic rings. The van der Waals surface area contributed by atoms with Crippen LogP contribution in [-0.4, -0.2) is 45.4 Å². The number of nitrogens with one attached hydrogen (secondary N) is 2. The highest BCUT2D eigenvalue weighted by atomic mass is 32.2. The summed E-state index contributed by atoms with van der Waals surface area (Å²) in [6.07, 6.45) is 1.64. The predicted molar refractivity (Wildman–Crippen MR) is 94.2 cm³/mol. The Balaban J connectivity index is 1.89. The summed E-state index contributed by atoms with van der Waals surface area (Å²) in [5.41, 5.74) is 1.08. The molecule has 0 saturated carbocycles. The van der Waals surface area contributed by atoms with Crippen molar-refractivity contribution >= 4 is 36.6 Å². The van der Waals surface area contributed by atoms with Crippen LogP contribution in [0.25, 0.3) is 10.9 Å². The average Bonchev–Trinajstić information content (AvgIpc) is 3.02. The molecule has 0 aliphatic heterocycles. The minimum absolute atomic E-state index is 0.0235. The first-order chi connectivity index (χ1) is 11.7. The van der Waals surface area contributed by atoms with Gasteiger partial charge in [0.1, 0.15) is 0 Å². The Bertz CT molecular complexity index is 1120. The number of aromatic amines is 1. The van der Waals surface area contributed by atoms with Crippen molar-refractivity contribution in [3.8, 4) is 0 Å². The SMILES string of the molecule is CN(C)S(=O)(=O)c1ccc(S(=O)(=O)Nc2ccc3cn[nH]c3c2)cc1. The minimum Gasteiger partial charge on any atom is -0.280 e. The van der Waals surface area contributed by atoms with Crippen LogP contribution in [0.4, 0.5) is 5.69 Å². The maximum Gasteiger partial charge on any atom is 0.261 e. The van der Waals surface area contributed by atoms with Crippen LogP contribution in [-0.2, 0) is 20.0 Å². The maximum atomic E-state index is 12.5. The van der Waals surface area contributed by atoms with E-state index in [1.165, 1.54) is 38.4 Å². The van der Waals surface area contributed by atoms with Crippen LogP contribution in [0.2, 0.25) is 0 Å². The standard InChI is InChI=1S/C15H16N4O4S2/c1-19(2)25(22,23)14-7-5-13(6-8-14)24(20,21)18-12-4-3-11-10-16-17-15(11)9-12/h3-10,18H,1-2H3,(H,16,17). The van der Waals surface area contributed by atoms with E-state index < -0.39 is 20.0 Å². The van der Waals surface area contributed by atoms with Crippen LogP contribution in [0.1, 0.15) is 0 Å². The van der Waals surface area contributed by atoms with Crippen molar-refractivity contribution in [1.29, 1.82) is 0 Å². The van der Waals surface area contributed by atoms with Crippen molar-refractivity contribution in [2.45, 2.75) is 9.79 Å². The van der Waals surface area contributed by atoms with E-state index >= 15 is 0 Å². The number of fused-ring (bicyclic) bond motifs is 1. The third kappa shape index (κ3) is 3.36. The number of anilines is 1. The summed E-state index contributed by atoms with van der Waals surface area (Å²) in [5.74, 6) is 0. The van der Waals surface area contributed by atoms with E-state index in [0.717, 1.165) is 9.69 Å². The fourth-order valence-electron chi connectivity index (χ4n) is 2.22. The number of nitrogens with zero attached hydrogens (tertiary/aromatic N) is 2. The second kappa shape index (κ2) is 6.14. The molecule has 0 atom stereocenters. The molecule has 0 aliphatic carbocycles.